The molecule has 162 valence electrons. The first-order valence-corrected chi connectivity index (χ1v) is 9.83. The molecule has 2 aromatic rings. The summed E-state index contributed by atoms with van der Waals surface area (Å²) in [6.45, 7) is 5.11. The highest BCUT2D eigenvalue weighted by Gasteiger charge is 2.32. The molecule has 1 amide bonds. The number of likely N-dealkylation sites (N-methyl/N-ethyl adjacent to an activating group) is 1. The molecule has 2 aromatic carbocycles. The van der Waals surface area contributed by atoms with Gasteiger partial charge in [-0.2, -0.15) is 0 Å². The summed E-state index contributed by atoms with van der Waals surface area (Å²) in [5, 5.41) is 0. The summed E-state index contributed by atoms with van der Waals surface area (Å²) in [6.07, 6.45) is -4.75. The minimum Gasteiger partial charge on any atom is -0.405 e. The summed E-state index contributed by atoms with van der Waals surface area (Å²) in [7, 11) is 1.71. The monoisotopic (exact) mass is 421 g/mol. The smallest absolute Gasteiger partial charge is 0.405 e. The van der Waals surface area contributed by atoms with E-state index >= 15 is 0 Å². The van der Waals surface area contributed by atoms with E-state index in [0.717, 1.165) is 18.8 Å². The Hall–Kier alpha value is -2.74. The van der Waals surface area contributed by atoms with Crippen molar-refractivity contribution in [2.45, 2.75) is 19.8 Å². The molecule has 1 heterocycles. The van der Waals surface area contributed by atoms with Crippen LogP contribution in [0.2, 0.25) is 0 Å². The van der Waals surface area contributed by atoms with E-state index in [2.05, 4.69) is 34.8 Å². The van der Waals surface area contributed by atoms with Gasteiger partial charge in [-0.05, 0) is 37.7 Å². The van der Waals surface area contributed by atoms with Crippen molar-refractivity contribution in [1.29, 1.82) is 0 Å². The molecule has 5 nitrogen and oxygen atoms in total. The van der Waals surface area contributed by atoms with E-state index in [0.29, 0.717) is 18.7 Å². The number of alkyl halides is 3. The Kier molecular flexibility index (Phi) is 6.87. The van der Waals surface area contributed by atoms with Crippen LogP contribution in [0.4, 0.5) is 18.9 Å². The van der Waals surface area contributed by atoms with E-state index in [4.69, 9.17) is 0 Å². The third-order valence-corrected chi connectivity index (χ3v) is 5.04. The molecular formula is C22H26F3N3O2. The quantitative estimate of drug-likeness (QED) is 0.713. The Morgan fingerprint density at radius 1 is 1.07 bits per heavy atom. The molecule has 0 aromatic heterocycles. The zero-order valence-electron chi connectivity index (χ0n) is 17.2. The van der Waals surface area contributed by atoms with Crippen LogP contribution in [0.3, 0.4) is 0 Å². The lowest BCUT2D eigenvalue weighted by atomic mass is 10.2. The Morgan fingerprint density at radius 3 is 2.43 bits per heavy atom. The fraction of sp³-hybridized carbons (Fsp3) is 0.409. The standard InChI is InChI=1S/C22H26F3N3O2/c1-17-6-5-8-19(14-17)27-10-12-28(13-11-27)21(29)16-26(2)15-18-7-3-4-9-20(18)30-22(23,24)25/h3-9,14H,10-13,15-16H2,1-2H3. The van der Waals surface area contributed by atoms with Crippen molar-refractivity contribution in [3.63, 3.8) is 0 Å². The number of anilines is 1. The van der Waals surface area contributed by atoms with Crippen molar-refractivity contribution in [3.8, 4) is 5.75 Å². The molecule has 1 saturated heterocycles. The van der Waals surface area contributed by atoms with Gasteiger partial charge in [-0.15, -0.1) is 13.2 Å². The minimum absolute atomic E-state index is 0.0318. The molecule has 0 atom stereocenters. The lowest BCUT2D eigenvalue weighted by Crippen LogP contribution is -2.51. The fourth-order valence-corrected chi connectivity index (χ4v) is 3.58. The number of aryl methyl sites for hydroxylation is 1. The summed E-state index contributed by atoms with van der Waals surface area (Å²) < 4.78 is 41.9. The van der Waals surface area contributed by atoms with Gasteiger partial charge in [-0.25, -0.2) is 0 Å². The number of rotatable bonds is 6. The number of benzene rings is 2. The second-order valence-electron chi connectivity index (χ2n) is 7.53. The topological polar surface area (TPSA) is 36.0 Å². The molecule has 3 rings (SSSR count). The van der Waals surface area contributed by atoms with E-state index in [1.54, 1.807) is 29.0 Å². The number of piperazine rings is 1. The highest BCUT2D eigenvalue weighted by atomic mass is 19.4. The van der Waals surface area contributed by atoms with E-state index in [1.807, 2.05) is 6.07 Å². The van der Waals surface area contributed by atoms with Crippen molar-refractivity contribution < 1.29 is 22.7 Å². The third-order valence-electron chi connectivity index (χ3n) is 5.04. The Bertz CT molecular complexity index is 865. The molecule has 1 aliphatic heterocycles. The molecular weight excluding hydrogens is 395 g/mol. The molecule has 0 unspecified atom stereocenters. The van der Waals surface area contributed by atoms with Crippen LogP contribution >= 0.6 is 0 Å². The molecule has 1 aliphatic rings. The average Bonchev–Trinajstić information content (AvgIpc) is 2.68. The van der Waals surface area contributed by atoms with Crippen molar-refractivity contribution >= 4 is 11.6 Å². The molecule has 8 heteroatoms. The van der Waals surface area contributed by atoms with Crippen LogP contribution in [0.1, 0.15) is 11.1 Å². The Morgan fingerprint density at radius 2 is 1.77 bits per heavy atom. The molecule has 1 fully saturated rings. The van der Waals surface area contributed by atoms with Crippen molar-refractivity contribution in [2.24, 2.45) is 0 Å². The zero-order chi connectivity index (χ0) is 21.7. The maximum Gasteiger partial charge on any atom is 0.573 e. The number of amides is 1. The Labute approximate surface area is 174 Å². The summed E-state index contributed by atoms with van der Waals surface area (Å²) in [5.74, 6) is -0.272. The maximum atomic E-state index is 12.7. The van der Waals surface area contributed by atoms with Gasteiger partial charge in [0.25, 0.3) is 0 Å². The van der Waals surface area contributed by atoms with Crippen molar-refractivity contribution in [1.82, 2.24) is 9.80 Å². The molecule has 0 radical (unpaired) electrons. The number of hydrogen-bond acceptors (Lipinski definition) is 4. The number of hydrogen-bond donors (Lipinski definition) is 0. The van der Waals surface area contributed by atoms with Gasteiger partial charge in [0.15, 0.2) is 0 Å². The third kappa shape index (κ3) is 6.13. The van der Waals surface area contributed by atoms with Gasteiger partial charge in [0.2, 0.25) is 5.91 Å². The number of carbonyl (C=O) groups excluding carboxylic acids is 1. The molecule has 0 N–H and O–H groups in total. The highest BCUT2D eigenvalue weighted by Crippen LogP contribution is 2.27. The van der Waals surface area contributed by atoms with Crippen LogP contribution in [0.25, 0.3) is 0 Å². The van der Waals surface area contributed by atoms with Gasteiger partial charge >= 0.3 is 6.36 Å². The predicted molar refractivity (Wildman–Crippen MR) is 109 cm³/mol. The molecule has 0 aliphatic carbocycles. The summed E-state index contributed by atoms with van der Waals surface area (Å²) in [4.78, 5) is 18.4. The number of para-hydroxylation sites is 1. The van der Waals surface area contributed by atoms with Crippen LogP contribution < -0.4 is 9.64 Å². The van der Waals surface area contributed by atoms with E-state index in [9.17, 15) is 18.0 Å². The minimum atomic E-state index is -4.75. The first-order valence-electron chi connectivity index (χ1n) is 9.83. The fourth-order valence-electron chi connectivity index (χ4n) is 3.58. The van der Waals surface area contributed by atoms with Crippen LogP contribution in [-0.4, -0.2) is 61.8 Å². The van der Waals surface area contributed by atoms with E-state index in [-0.39, 0.29) is 24.7 Å². The van der Waals surface area contributed by atoms with Crippen LogP contribution in [0.5, 0.6) is 5.75 Å². The number of nitrogens with zero attached hydrogens (tertiary/aromatic N) is 3. The first kappa shape index (κ1) is 22.0. The second-order valence-corrected chi connectivity index (χ2v) is 7.53. The van der Waals surface area contributed by atoms with Crippen LogP contribution in [0, 0.1) is 6.92 Å². The number of ether oxygens (including phenoxy) is 1. The molecule has 0 bridgehead atoms. The summed E-state index contributed by atoms with van der Waals surface area (Å²) >= 11 is 0. The zero-order valence-corrected chi connectivity index (χ0v) is 17.2. The summed E-state index contributed by atoms with van der Waals surface area (Å²) in [5.41, 5.74) is 2.73. The molecule has 0 saturated carbocycles. The SMILES string of the molecule is Cc1cccc(N2CCN(C(=O)CN(C)Cc3ccccc3OC(F)(F)F)CC2)c1. The predicted octanol–water partition coefficient (Wildman–Crippen LogP) is 3.67. The van der Waals surface area contributed by atoms with Crippen molar-refractivity contribution in [2.75, 3.05) is 44.7 Å². The normalized spacial score (nSPS) is 14.9. The highest BCUT2D eigenvalue weighted by molar-refractivity contribution is 5.78. The van der Waals surface area contributed by atoms with E-state index in [1.165, 1.54) is 17.7 Å². The van der Waals surface area contributed by atoms with E-state index < -0.39 is 6.36 Å². The van der Waals surface area contributed by atoms with Crippen LogP contribution in [-0.2, 0) is 11.3 Å². The first-order chi connectivity index (χ1) is 14.2. The number of carbonyl (C=O) groups is 1. The van der Waals surface area contributed by atoms with Gasteiger partial charge in [0, 0.05) is 44.0 Å². The number of halogens is 3. The van der Waals surface area contributed by atoms with Gasteiger partial charge in [-0.3, -0.25) is 9.69 Å². The van der Waals surface area contributed by atoms with Gasteiger partial charge < -0.3 is 14.5 Å². The van der Waals surface area contributed by atoms with Gasteiger partial charge in [0.05, 0.1) is 6.54 Å². The van der Waals surface area contributed by atoms with Gasteiger partial charge in [-0.1, -0.05) is 30.3 Å². The van der Waals surface area contributed by atoms with Crippen molar-refractivity contribution in [3.05, 3.63) is 59.7 Å². The lowest BCUT2D eigenvalue weighted by Gasteiger charge is -2.37. The molecule has 0 spiro atoms. The van der Waals surface area contributed by atoms with Gasteiger partial charge in [0.1, 0.15) is 5.75 Å². The molecule has 30 heavy (non-hydrogen) atoms. The summed E-state index contributed by atoms with van der Waals surface area (Å²) in [6, 6.07) is 14.3. The lowest BCUT2D eigenvalue weighted by molar-refractivity contribution is -0.275. The largest absolute Gasteiger partial charge is 0.573 e. The average molecular weight is 421 g/mol. The Balaban J connectivity index is 1.52. The van der Waals surface area contributed by atoms with Crippen LogP contribution in [0.15, 0.2) is 48.5 Å². The second kappa shape index (κ2) is 9.38. The maximum absolute atomic E-state index is 12.7.